The van der Waals surface area contributed by atoms with E-state index >= 15 is 0 Å². The van der Waals surface area contributed by atoms with Gasteiger partial charge in [-0.25, -0.2) is 4.39 Å². The van der Waals surface area contributed by atoms with Crippen LogP contribution in [0.15, 0.2) is 24.3 Å². The molecule has 1 saturated carbocycles. The van der Waals surface area contributed by atoms with Crippen molar-refractivity contribution in [1.82, 2.24) is 0 Å². The second-order valence-electron chi connectivity index (χ2n) is 4.61. The Bertz CT molecular complexity index is 352. The second-order valence-corrected chi connectivity index (χ2v) is 4.61. The summed E-state index contributed by atoms with van der Waals surface area (Å²) in [4.78, 5) is 0. The molecule has 0 amide bonds. The van der Waals surface area contributed by atoms with E-state index in [4.69, 9.17) is 5.73 Å². The quantitative estimate of drug-likeness (QED) is 0.802. The first-order valence-corrected chi connectivity index (χ1v) is 5.85. The van der Waals surface area contributed by atoms with E-state index in [-0.39, 0.29) is 18.3 Å². The van der Waals surface area contributed by atoms with Crippen LogP contribution in [0.3, 0.4) is 0 Å². The van der Waals surface area contributed by atoms with Crippen molar-refractivity contribution in [2.75, 3.05) is 6.54 Å². The van der Waals surface area contributed by atoms with Gasteiger partial charge in [0, 0.05) is 12.5 Å². The van der Waals surface area contributed by atoms with Crippen molar-refractivity contribution in [2.24, 2.45) is 11.7 Å². The zero-order valence-corrected chi connectivity index (χ0v) is 9.27. The van der Waals surface area contributed by atoms with Crippen molar-refractivity contribution >= 4 is 0 Å². The average molecular weight is 223 g/mol. The van der Waals surface area contributed by atoms with Crippen LogP contribution in [-0.4, -0.2) is 17.8 Å². The van der Waals surface area contributed by atoms with Gasteiger partial charge in [0.25, 0.3) is 0 Å². The summed E-state index contributed by atoms with van der Waals surface area (Å²) in [5.41, 5.74) is 6.18. The number of nitrogens with two attached hydrogens (primary N) is 1. The molecule has 3 N–H and O–H groups in total. The number of benzene rings is 1. The third-order valence-electron chi connectivity index (χ3n) is 3.29. The van der Waals surface area contributed by atoms with Crippen molar-refractivity contribution in [3.8, 4) is 0 Å². The molecule has 0 spiro atoms. The molecule has 16 heavy (non-hydrogen) atoms. The molecule has 1 aliphatic rings. The van der Waals surface area contributed by atoms with E-state index in [0.29, 0.717) is 11.5 Å². The van der Waals surface area contributed by atoms with Crippen LogP contribution in [0.2, 0.25) is 0 Å². The normalized spacial score (nSPS) is 19.4. The summed E-state index contributed by atoms with van der Waals surface area (Å²) >= 11 is 0. The molecule has 1 fully saturated rings. The fourth-order valence-electron chi connectivity index (χ4n) is 2.13. The van der Waals surface area contributed by atoms with Crippen LogP contribution in [0.1, 0.15) is 30.7 Å². The van der Waals surface area contributed by atoms with Gasteiger partial charge in [0.2, 0.25) is 0 Å². The third-order valence-corrected chi connectivity index (χ3v) is 3.29. The highest BCUT2D eigenvalue weighted by Gasteiger charge is 2.29. The minimum Gasteiger partial charge on any atom is -0.392 e. The summed E-state index contributed by atoms with van der Waals surface area (Å²) in [7, 11) is 0. The molecule has 0 bridgehead atoms. The van der Waals surface area contributed by atoms with Gasteiger partial charge in [0.15, 0.2) is 0 Å². The monoisotopic (exact) mass is 223 g/mol. The maximum absolute atomic E-state index is 13.6. The molecule has 2 rings (SSSR count). The van der Waals surface area contributed by atoms with Gasteiger partial charge in [-0.1, -0.05) is 31.0 Å². The van der Waals surface area contributed by atoms with Crippen LogP contribution < -0.4 is 5.73 Å². The van der Waals surface area contributed by atoms with Crippen LogP contribution in [-0.2, 0) is 0 Å². The van der Waals surface area contributed by atoms with Gasteiger partial charge in [-0.3, -0.25) is 0 Å². The highest BCUT2D eigenvalue weighted by molar-refractivity contribution is 5.23. The summed E-state index contributed by atoms with van der Waals surface area (Å²) in [6, 6.07) is 6.56. The number of aliphatic hydroxyl groups excluding tert-OH is 1. The van der Waals surface area contributed by atoms with Gasteiger partial charge in [-0.2, -0.15) is 0 Å². The molecule has 0 radical (unpaired) electrons. The van der Waals surface area contributed by atoms with Crippen LogP contribution in [0.5, 0.6) is 0 Å². The first kappa shape index (κ1) is 11.6. The van der Waals surface area contributed by atoms with Crippen LogP contribution in [0.4, 0.5) is 4.39 Å². The Balaban J connectivity index is 2.11. The van der Waals surface area contributed by atoms with Gasteiger partial charge in [-0.15, -0.1) is 0 Å². The average Bonchev–Trinajstić information content (AvgIpc) is 3.06. The zero-order chi connectivity index (χ0) is 11.5. The van der Waals surface area contributed by atoms with E-state index in [2.05, 4.69) is 0 Å². The fraction of sp³-hybridized carbons (Fsp3) is 0.538. The van der Waals surface area contributed by atoms with Crippen molar-refractivity contribution in [3.63, 3.8) is 0 Å². The van der Waals surface area contributed by atoms with Crippen LogP contribution >= 0.6 is 0 Å². The summed E-state index contributed by atoms with van der Waals surface area (Å²) in [6.45, 7) is 0.287. The van der Waals surface area contributed by atoms with Crippen molar-refractivity contribution in [3.05, 3.63) is 35.6 Å². The Morgan fingerprint density at radius 2 is 2.06 bits per heavy atom. The first-order valence-electron chi connectivity index (χ1n) is 5.85. The minimum absolute atomic E-state index is 0.271. The van der Waals surface area contributed by atoms with Gasteiger partial charge in [-0.05, 0) is 24.0 Å². The van der Waals surface area contributed by atoms with Crippen molar-refractivity contribution in [1.29, 1.82) is 0 Å². The highest BCUT2D eigenvalue weighted by Crippen LogP contribution is 2.36. The SMILES string of the molecule is NCC(c1ccccc1F)C(O)CC1CC1. The van der Waals surface area contributed by atoms with E-state index in [9.17, 15) is 9.50 Å². The predicted molar refractivity (Wildman–Crippen MR) is 61.5 cm³/mol. The lowest BCUT2D eigenvalue weighted by molar-refractivity contribution is 0.128. The molecule has 2 nitrogen and oxygen atoms in total. The van der Waals surface area contributed by atoms with E-state index < -0.39 is 6.10 Å². The lowest BCUT2D eigenvalue weighted by atomic mass is 9.90. The molecular formula is C13H18FNO. The molecule has 1 aromatic carbocycles. The van der Waals surface area contributed by atoms with E-state index in [0.717, 1.165) is 6.42 Å². The summed E-state index contributed by atoms with van der Waals surface area (Å²) in [5.74, 6) is 0.0745. The molecule has 1 aromatic rings. The molecular weight excluding hydrogens is 205 g/mol. The molecule has 0 aromatic heterocycles. The Morgan fingerprint density at radius 3 is 2.62 bits per heavy atom. The number of rotatable bonds is 5. The first-order chi connectivity index (χ1) is 7.72. The minimum atomic E-state index is -0.519. The molecule has 2 unspecified atom stereocenters. The summed E-state index contributed by atoms with van der Waals surface area (Å²) in [5, 5.41) is 10.1. The standard InChI is InChI=1S/C13H18FNO/c14-12-4-2-1-3-10(12)11(8-15)13(16)7-9-5-6-9/h1-4,9,11,13,16H,5-8,15H2. The molecule has 2 atom stereocenters. The number of halogens is 1. The topological polar surface area (TPSA) is 46.2 Å². The number of hydrogen-bond donors (Lipinski definition) is 2. The molecule has 0 heterocycles. The van der Waals surface area contributed by atoms with E-state index in [1.807, 2.05) is 0 Å². The fourth-order valence-corrected chi connectivity index (χ4v) is 2.13. The van der Waals surface area contributed by atoms with Gasteiger partial charge in [0.1, 0.15) is 5.82 Å². The van der Waals surface area contributed by atoms with Crippen LogP contribution in [0, 0.1) is 11.7 Å². The molecule has 0 aliphatic heterocycles. The molecule has 0 saturated heterocycles. The number of hydrogen-bond acceptors (Lipinski definition) is 2. The largest absolute Gasteiger partial charge is 0.392 e. The van der Waals surface area contributed by atoms with Gasteiger partial charge < -0.3 is 10.8 Å². The van der Waals surface area contributed by atoms with E-state index in [1.54, 1.807) is 18.2 Å². The predicted octanol–water partition coefficient (Wildman–Crippen LogP) is 2.03. The Labute approximate surface area is 95.3 Å². The Hall–Kier alpha value is -0.930. The van der Waals surface area contributed by atoms with Crippen molar-refractivity contribution < 1.29 is 9.50 Å². The third kappa shape index (κ3) is 2.60. The Morgan fingerprint density at radius 1 is 1.38 bits per heavy atom. The van der Waals surface area contributed by atoms with E-state index in [1.165, 1.54) is 18.9 Å². The molecule has 3 heteroatoms. The smallest absolute Gasteiger partial charge is 0.126 e. The molecule has 1 aliphatic carbocycles. The van der Waals surface area contributed by atoms with Crippen LogP contribution in [0.25, 0.3) is 0 Å². The Kier molecular flexibility index (Phi) is 3.56. The second kappa shape index (κ2) is 4.93. The lowest BCUT2D eigenvalue weighted by Crippen LogP contribution is -2.27. The van der Waals surface area contributed by atoms with Gasteiger partial charge in [0.05, 0.1) is 6.10 Å². The summed E-state index contributed by atoms with van der Waals surface area (Å²) in [6.07, 6.45) is 2.60. The maximum Gasteiger partial charge on any atom is 0.126 e. The molecule has 88 valence electrons. The van der Waals surface area contributed by atoms with Crippen molar-refractivity contribution in [2.45, 2.75) is 31.3 Å². The number of aliphatic hydroxyl groups is 1. The lowest BCUT2D eigenvalue weighted by Gasteiger charge is -2.22. The maximum atomic E-state index is 13.6. The summed E-state index contributed by atoms with van der Waals surface area (Å²) < 4.78 is 13.6. The zero-order valence-electron chi connectivity index (χ0n) is 9.27. The highest BCUT2D eigenvalue weighted by atomic mass is 19.1. The van der Waals surface area contributed by atoms with Gasteiger partial charge >= 0.3 is 0 Å².